The zero-order chi connectivity index (χ0) is 30.9. The number of alkyl halides is 3. The summed E-state index contributed by atoms with van der Waals surface area (Å²) in [5, 5.41) is 3.89. The van der Waals surface area contributed by atoms with E-state index in [0.717, 1.165) is 30.4 Å². The second-order valence-electron chi connectivity index (χ2n) is 10.2. The summed E-state index contributed by atoms with van der Waals surface area (Å²) >= 11 is 0. The Kier molecular flexibility index (Phi) is 8.21. The molecule has 3 heterocycles. The molecule has 0 saturated carbocycles. The van der Waals surface area contributed by atoms with Crippen molar-refractivity contribution in [3.8, 4) is 28.6 Å². The molecular formula is C28H30F3N7O4S. The molecule has 1 fully saturated rings. The Bertz CT molecular complexity index is 1720. The highest BCUT2D eigenvalue weighted by atomic mass is 32.2. The van der Waals surface area contributed by atoms with Gasteiger partial charge in [-0.15, -0.1) is 13.2 Å². The summed E-state index contributed by atoms with van der Waals surface area (Å²) in [5.41, 5.74) is 3.21. The predicted molar refractivity (Wildman–Crippen MR) is 154 cm³/mol. The quantitative estimate of drug-likeness (QED) is 0.300. The number of hydrogen-bond acceptors (Lipinski definition) is 9. The molecule has 1 N–H and O–H groups in total. The average molecular weight is 618 g/mol. The van der Waals surface area contributed by atoms with E-state index in [9.17, 15) is 21.6 Å². The van der Waals surface area contributed by atoms with Crippen molar-refractivity contribution in [2.45, 2.75) is 25.1 Å². The Labute approximate surface area is 246 Å². The van der Waals surface area contributed by atoms with Gasteiger partial charge in [0.05, 0.1) is 11.9 Å². The molecule has 43 heavy (non-hydrogen) atoms. The van der Waals surface area contributed by atoms with Crippen LogP contribution in [-0.2, 0) is 17.1 Å². The highest BCUT2D eigenvalue weighted by Crippen LogP contribution is 2.39. The number of sulfonamides is 1. The number of aromatic nitrogens is 4. The van der Waals surface area contributed by atoms with Crippen LogP contribution in [0.1, 0.15) is 11.1 Å². The van der Waals surface area contributed by atoms with Crippen LogP contribution < -0.4 is 19.1 Å². The van der Waals surface area contributed by atoms with E-state index < -0.39 is 22.1 Å². The van der Waals surface area contributed by atoms with Gasteiger partial charge in [-0.2, -0.15) is 10.1 Å². The molecule has 0 aliphatic carbocycles. The number of nitrogens with zero attached hydrogens (tertiary/aromatic N) is 6. The number of benzene rings is 2. The van der Waals surface area contributed by atoms with Crippen LogP contribution in [0.25, 0.3) is 11.3 Å². The molecule has 0 radical (unpaired) electrons. The maximum Gasteiger partial charge on any atom is 0.573 e. The van der Waals surface area contributed by atoms with Gasteiger partial charge in [0.1, 0.15) is 4.90 Å². The van der Waals surface area contributed by atoms with Gasteiger partial charge in [-0.25, -0.2) is 18.1 Å². The van der Waals surface area contributed by atoms with Crippen LogP contribution in [0.15, 0.2) is 59.8 Å². The van der Waals surface area contributed by atoms with Gasteiger partial charge in [0.2, 0.25) is 11.8 Å². The number of ether oxygens (including phenoxy) is 2. The molecule has 0 spiro atoms. The number of piperazine rings is 1. The lowest BCUT2D eigenvalue weighted by Gasteiger charge is -2.34. The summed E-state index contributed by atoms with van der Waals surface area (Å²) in [6.45, 7) is 6.50. The molecule has 2 aromatic carbocycles. The minimum absolute atomic E-state index is 0.126. The third-order valence-electron chi connectivity index (χ3n) is 6.89. The topological polar surface area (TPSA) is 115 Å². The predicted octanol–water partition coefficient (Wildman–Crippen LogP) is 4.74. The molecule has 2 aromatic heterocycles. The fourth-order valence-corrected chi connectivity index (χ4v) is 5.67. The first-order valence-corrected chi connectivity index (χ1v) is 14.7. The standard InChI is InChI=1S/C28H30F3N7O4S/c1-18-6-5-7-19(2)26(18)22-15-25(34-27(33-22)35-43(39,40)21-16-32-37(4)17-21)41-23-9-8-20(14-24(23)42-28(29,30)31)38-12-10-36(3)11-13-38/h5-9,14-17H,10-13H2,1-4H3,(H,33,34,35). The molecule has 0 atom stereocenters. The number of halogens is 3. The first kappa shape index (κ1) is 30.1. The number of anilines is 2. The molecule has 1 saturated heterocycles. The lowest BCUT2D eigenvalue weighted by atomic mass is 10.00. The molecule has 0 amide bonds. The Morgan fingerprint density at radius 1 is 0.930 bits per heavy atom. The number of nitrogens with one attached hydrogen (secondary N) is 1. The molecule has 1 aliphatic rings. The highest BCUT2D eigenvalue weighted by Gasteiger charge is 2.33. The van der Waals surface area contributed by atoms with Crippen molar-refractivity contribution in [3.05, 3.63) is 66.0 Å². The zero-order valence-corrected chi connectivity index (χ0v) is 24.7. The van der Waals surface area contributed by atoms with E-state index in [1.165, 1.54) is 29.1 Å². The number of rotatable bonds is 8. The van der Waals surface area contributed by atoms with Crippen molar-refractivity contribution in [2.24, 2.45) is 7.05 Å². The normalized spacial score (nSPS) is 14.5. The van der Waals surface area contributed by atoms with E-state index >= 15 is 0 Å². The summed E-state index contributed by atoms with van der Waals surface area (Å²) in [6.07, 6.45) is -2.52. The average Bonchev–Trinajstić information content (AvgIpc) is 3.36. The van der Waals surface area contributed by atoms with Crippen molar-refractivity contribution >= 4 is 21.7 Å². The van der Waals surface area contributed by atoms with Crippen molar-refractivity contribution in [1.29, 1.82) is 0 Å². The lowest BCUT2D eigenvalue weighted by molar-refractivity contribution is -0.275. The van der Waals surface area contributed by atoms with Crippen LogP contribution in [0.2, 0.25) is 0 Å². The van der Waals surface area contributed by atoms with Crippen LogP contribution in [0, 0.1) is 13.8 Å². The highest BCUT2D eigenvalue weighted by molar-refractivity contribution is 7.92. The van der Waals surface area contributed by atoms with Gasteiger partial charge < -0.3 is 19.3 Å². The zero-order valence-electron chi connectivity index (χ0n) is 23.9. The van der Waals surface area contributed by atoms with Crippen LogP contribution in [0.4, 0.5) is 24.8 Å². The molecule has 4 aromatic rings. The van der Waals surface area contributed by atoms with Crippen LogP contribution in [0.5, 0.6) is 17.4 Å². The van der Waals surface area contributed by atoms with Crippen molar-refractivity contribution in [1.82, 2.24) is 24.6 Å². The Hall–Kier alpha value is -4.37. The third-order valence-corrected chi connectivity index (χ3v) is 8.18. The van der Waals surface area contributed by atoms with Crippen molar-refractivity contribution in [3.63, 3.8) is 0 Å². The summed E-state index contributed by atoms with van der Waals surface area (Å²) in [5.74, 6) is -1.36. The van der Waals surface area contributed by atoms with E-state index in [-0.39, 0.29) is 22.5 Å². The van der Waals surface area contributed by atoms with E-state index in [1.807, 2.05) is 44.0 Å². The molecule has 0 bridgehead atoms. The van der Waals surface area contributed by atoms with E-state index in [1.54, 1.807) is 13.1 Å². The third kappa shape index (κ3) is 7.17. The summed E-state index contributed by atoms with van der Waals surface area (Å²) in [6, 6.07) is 11.3. The summed E-state index contributed by atoms with van der Waals surface area (Å²) in [4.78, 5) is 12.6. The van der Waals surface area contributed by atoms with E-state index in [2.05, 4.69) is 29.4 Å². The molecule has 0 unspecified atom stereocenters. The fourth-order valence-electron chi connectivity index (χ4n) is 4.75. The Morgan fingerprint density at radius 2 is 1.63 bits per heavy atom. The Balaban J connectivity index is 1.56. The minimum Gasteiger partial charge on any atom is -0.435 e. The van der Waals surface area contributed by atoms with Gasteiger partial charge in [-0.1, -0.05) is 18.2 Å². The van der Waals surface area contributed by atoms with Crippen LogP contribution in [-0.4, -0.2) is 72.7 Å². The van der Waals surface area contributed by atoms with Gasteiger partial charge >= 0.3 is 6.36 Å². The van der Waals surface area contributed by atoms with Gasteiger partial charge in [-0.3, -0.25) is 4.68 Å². The minimum atomic E-state index is -4.99. The van der Waals surface area contributed by atoms with Crippen LogP contribution in [0.3, 0.4) is 0 Å². The molecule has 11 nitrogen and oxygen atoms in total. The molecular weight excluding hydrogens is 587 g/mol. The van der Waals surface area contributed by atoms with Gasteiger partial charge in [0.25, 0.3) is 10.0 Å². The second-order valence-corrected chi connectivity index (χ2v) is 11.9. The second kappa shape index (κ2) is 11.7. The largest absolute Gasteiger partial charge is 0.573 e. The van der Waals surface area contributed by atoms with Crippen molar-refractivity contribution in [2.75, 3.05) is 42.8 Å². The first-order valence-electron chi connectivity index (χ1n) is 13.3. The number of likely N-dealkylation sites (N-methyl/N-ethyl adjacent to an activating group) is 1. The molecule has 1 aliphatic heterocycles. The SMILES string of the molecule is Cc1cccc(C)c1-c1cc(Oc2ccc(N3CCN(C)CC3)cc2OC(F)(F)F)nc(NS(=O)(=O)c2cnn(C)c2)n1. The van der Waals surface area contributed by atoms with Crippen molar-refractivity contribution < 1.29 is 31.1 Å². The maximum absolute atomic E-state index is 13.5. The fraction of sp³-hybridized carbons (Fsp3) is 0.321. The molecule has 5 rings (SSSR count). The summed E-state index contributed by atoms with van der Waals surface area (Å²) < 4.78 is 80.4. The van der Waals surface area contributed by atoms with Crippen LogP contribution >= 0.6 is 0 Å². The first-order chi connectivity index (χ1) is 20.3. The Morgan fingerprint density at radius 3 is 2.26 bits per heavy atom. The number of hydrogen-bond donors (Lipinski definition) is 1. The van der Waals surface area contributed by atoms with E-state index in [0.29, 0.717) is 30.0 Å². The molecule has 228 valence electrons. The summed E-state index contributed by atoms with van der Waals surface area (Å²) in [7, 11) is -0.606. The smallest absolute Gasteiger partial charge is 0.435 e. The maximum atomic E-state index is 13.5. The number of aryl methyl sites for hydroxylation is 3. The molecule has 15 heteroatoms. The van der Waals surface area contributed by atoms with Gasteiger partial charge in [-0.05, 0) is 44.2 Å². The van der Waals surface area contributed by atoms with Gasteiger partial charge in [0, 0.05) is 62.8 Å². The van der Waals surface area contributed by atoms with E-state index in [4.69, 9.17) is 4.74 Å². The lowest BCUT2D eigenvalue weighted by Crippen LogP contribution is -2.44. The van der Waals surface area contributed by atoms with Gasteiger partial charge in [0.15, 0.2) is 11.5 Å². The monoisotopic (exact) mass is 617 g/mol.